The minimum Gasteiger partial charge on any atom is -0.493 e. The number of likely N-dealkylation sites (tertiary alicyclic amines) is 1. The fourth-order valence-corrected chi connectivity index (χ4v) is 4.43. The molecule has 3 rings (SSSR count). The van der Waals surface area contributed by atoms with Crippen molar-refractivity contribution in [3.05, 3.63) is 65.5 Å². The van der Waals surface area contributed by atoms with Crippen LogP contribution in [0.25, 0.3) is 0 Å². The monoisotopic (exact) mass is 553 g/mol. The molecule has 0 aliphatic carbocycles. The molecular weight excluding hydrogens is 520 g/mol. The fourth-order valence-electron chi connectivity index (χ4n) is 3.75. The molecule has 2 amide bonds. The van der Waals surface area contributed by atoms with Crippen LogP contribution < -0.4 is 10.1 Å². The number of rotatable bonds is 9. The Labute approximate surface area is 204 Å². The summed E-state index contributed by atoms with van der Waals surface area (Å²) in [6.45, 7) is 7.82. The first-order chi connectivity index (χ1) is 15.4. The maximum absolute atomic E-state index is 13.3. The van der Waals surface area contributed by atoms with E-state index in [1.165, 1.54) is 12.1 Å². The van der Waals surface area contributed by atoms with Crippen molar-refractivity contribution in [2.45, 2.75) is 45.8 Å². The number of benzene rings is 2. The summed E-state index contributed by atoms with van der Waals surface area (Å²) in [7, 11) is 0. The van der Waals surface area contributed by atoms with Crippen molar-refractivity contribution < 1.29 is 13.9 Å². The van der Waals surface area contributed by atoms with Gasteiger partial charge in [-0.2, -0.15) is 0 Å². The summed E-state index contributed by atoms with van der Waals surface area (Å²) >= 11 is 2.38. The fraction of sp³-hybridized carbons (Fsp3) is 0.480. The van der Waals surface area contributed by atoms with Crippen molar-refractivity contribution in [3.8, 4) is 5.75 Å². The smallest absolute Gasteiger partial charge is 0.318 e. The standard InChI is InChI=1S/C25H33FIN3O2/c1-19(2)17-32-24-9-5-20(6-10-24)15-28-25(31)30(16-21-3-7-22(26)8-4-21)23-11-13-29(18-27)14-12-23/h3-10,19,23H,11-18H2,1-2H3,(H,28,31). The van der Waals surface area contributed by atoms with Crippen LogP contribution >= 0.6 is 22.6 Å². The highest BCUT2D eigenvalue weighted by atomic mass is 127. The number of carbonyl (C=O) groups is 1. The molecule has 0 saturated carbocycles. The van der Waals surface area contributed by atoms with Gasteiger partial charge in [-0.25, -0.2) is 9.18 Å². The topological polar surface area (TPSA) is 44.8 Å². The lowest BCUT2D eigenvalue weighted by Gasteiger charge is -2.38. The zero-order chi connectivity index (χ0) is 22.9. The Morgan fingerprint density at radius 3 is 2.34 bits per heavy atom. The summed E-state index contributed by atoms with van der Waals surface area (Å²) < 4.78 is 20.1. The minimum atomic E-state index is -0.263. The van der Waals surface area contributed by atoms with Crippen LogP contribution in [0.4, 0.5) is 9.18 Å². The van der Waals surface area contributed by atoms with E-state index in [1.54, 1.807) is 12.1 Å². The van der Waals surface area contributed by atoms with E-state index in [0.717, 1.165) is 47.4 Å². The van der Waals surface area contributed by atoms with Gasteiger partial charge in [0, 0.05) is 32.2 Å². The number of halogens is 2. The van der Waals surface area contributed by atoms with Gasteiger partial charge in [0.05, 0.1) is 11.2 Å². The normalized spacial score (nSPS) is 15.0. The van der Waals surface area contributed by atoms with Gasteiger partial charge in [0.1, 0.15) is 11.6 Å². The van der Waals surface area contributed by atoms with Crippen molar-refractivity contribution in [2.75, 3.05) is 24.2 Å². The van der Waals surface area contributed by atoms with E-state index >= 15 is 0 Å². The quantitative estimate of drug-likeness (QED) is 0.256. The van der Waals surface area contributed by atoms with Gasteiger partial charge in [-0.1, -0.05) is 60.7 Å². The molecule has 1 heterocycles. The Hall–Kier alpha value is -1.87. The van der Waals surface area contributed by atoms with Crippen LogP contribution in [-0.4, -0.2) is 46.1 Å². The largest absolute Gasteiger partial charge is 0.493 e. The first-order valence-electron chi connectivity index (χ1n) is 11.2. The molecule has 0 unspecified atom stereocenters. The third-order valence-corrected chi connectivity index (χ3v) is 6.61. The first-order valence-corrected chi connectivity index (χ1v) is 12.8. The second-order valence-corrected chi connectivity index (χ2v) is 9.41. The second kappa shape index (κ2) is 12.4. The van der Waals surface area contributed by atoms with Crippen molar-refractivity contribution in [1.82, 2.24) is 15.1 Å². The molecule has 1 fully saturated rings. The molecule has 32 heavy (non-hydrogen) atoms. The molecule has 1 saturated heterocycles. The number of amides is 2. The van der Waals surface area contributed by atoms with Crippen LogP contribution in [0, 0.1) is 11.7 Å². The minimum absolute atomic E-state index is 0.0811. The third-order valence-electron chi connectivity index (χ3n) is 5.64. The Bertz CT molecular complexity index is 837. The number of piperidine rings is 1. The molecule has 5 nitrogen and oxygen atoms in total. The number of hydrogen-bond donors (Lipinski definition) is 1. The summed E-state index contributed by atoms with van der Waals surface area (Å²) in [6.07, 6.45) is 1.89. The van der Waals surface area contributed by atoms with Crippen LogP contribution in [-0.2, 0) is 13.1 Å². The van der Waals surface area contributed by atoms with Gasteiger partial charge < -0.3 is 15.0 Å². The number of nitrogens with one attached hydrogen (secondary N) is 1. The van der Waals surface area contributed by atoms with Gasteiger partial charge in [0.15, 0.2) is 0 Å². The molecule has 1 aliphatic heterocycles. The van der Waals surface area contributed by atoms with E-state index in [4.69, 9.17) is 4.74 Å². The van der Waals surface area contributed by atoms with Crippen LogP contribution in [0.1, 0.15) is 37.8 Å². The van der Waals surface area contributed by atoms with Crippen molar-refractivity contribution in [3.63, 3.8) is 0 Å². The average Bonchev–Trinajstić information content (AvgIpc) is 2.81. The van der Waals surface area contributed by atoms with Crippen LogP contribution in [0.5, 0.6) is 5.75 Å². The lowest BCUT2D eigenvalue weighted by atomic mass is 10.0. The molecule has 1 aliphatic rings. The molecule has 0 aromatic heterocycles. The molecule has 0 bridgehead atoms. The number of nitrogens with zero attached hydrogens (tertiary/aromatic N) is 2. The SMILES string of the molecule is CC(C)COc1ccc(CNC(=O)N(Cc2ccc(F)cc2)C2CCN(CI)CC2)cc1. The average molecular weight is 553 g/mol. The second-order valence-electron chi connectivity index (χ2n) is 8.73. The number of carbonyl (C=O) groups excluding carboxylic acids is 1. The van der Waals surface area contributed by atoms with Gasteiger partial charge in [-0.05, 0) is 54.2 Å². The molecular formula is C25H33FIN3O2. The third kappa shape index (κ3) is 7.62. The first kappa shape index (κ1) is 24.8. The molecule has 2 aromatic carbocycles. The maximum atomic E-state index is 13.3. The number of ether oxygens (including phenoxy) is 1. The summed E-state index contributed by atoms with van der Waals surface area (Å²) in [4.78, 5) is 17.5. The van der Waals surface area contributed by atoms with Gasteiger partial charge in [-0.3, -0.25) is 4.90 Å². The van der Waals surface area contributed by atoms with Crippen molar-refractivity contribution in [2.24, 2.45) is 5.92 Å². The van der Waals surface area contributed by atoms with Crippen LogP contribution in [0.15, 0.2) is 48.5 Å². The number of hydrogen-bond acceptors (Lipinski definition) is 3. The van der Waals surface area contributed by atoms with E-state index < -0.39 is 0 Å². The molecule has 7 heteroatoms. The number of urea groups is 1. The van der Waals surface area contributed by atoms with E-state index in [1.807, 2.05) is 29.2 Å². The Balaban J connectivity index is 1.61. The zero-order valence-electron chi connectivity index (χ0n) is 18.9. The molecule has 0 radical (unpaired) electrons. The Morgan fingerprint density at radius 2 is 1.75 bits per heavy atom. The Kier molecular flexibility index (Phi) is 9.59. The van der Waals surface area contributed by atoms with Crippen LogP contribution in [0.2, 0.25) is 0 Å². The predicted octanol–water partition coefficient (Wildman–Crippen LogP) is 5.43. The zero-order valence-corrected chi connectivity index (χ0v) is 21.1. The molecule has 2 aromatic rings. The maximum Gasteiger partial charge on any atom is 0.318 e. The lowest BCUT2D eigenvalue weighted by molar-refractivity contribution is 0.126. The van der Waals surface area contributed by atoms with E-state index in [0.29, 0.717) is 25.6 Å². The molecule has 1 N–H and O–H groups in total. The summed E-state index contributed by atoms with van der Waals surface area (Å²) in [5, 5.41) is 3.08. The van der Waals surface area contributed by atoms with Gasteiger partial charge in [0.25, 0.3) is 0 Å². The highest BCUT2D eigenvalue weighted by Gasteiger charge is 2.27. The molecule has 0 atom stereocenters. The van der Waals surface area contributed by atoms with E-state index in [2.05, 4.69) is 46.7 Å². The molecule has 174 valence electrons. The van der Waals surface area contributed by atoms with Crippen molar-refractivity contribution in [1.29, 1.82) is 0 Å². The molecule has 0 spiro atoms. The van der Waals surface area contributed by atoms with Gasteiger partial charge in [0.2, 0.25) is 0 Å². The summed E-state index contributed by atoms with van der Waals surface area (Å²) in [5.74, 6) is 1.06. The van der Waals surface area contributed by atoms with Gasteiger partial charge >= 0.3 is 6.03 Å². The summed E-state index contributed by atoms with van der Waals surface area (Å²) in [5.41, 5.74) is 1.96. The van der Waals surface area contributed by atoms with Crippen LogP contribution in [0.3, 0.4) is 0 Å². The van der Waals surface area contributed by atoms with Crippen molar-refractivity contribution >= 4 is 28.6 Å². The summed E-state index contributed by atoms with van der Waals surface area (Å²) in [6, 6.07) is 14.4. The van der Waals surface area contributed by atoms with E-state index in [9.17, 15) is 9.18 Å². The van der Waals surface area contributed by atoms with E-state index in [-0.39, 0.29) is 17.9 Å². The predicted molar refractivity (Wildman–Crippen MR) is 134 cm³/mol. The van der Waals surface area contributed by atoms with Gasteiger partial charge in [-0.15, -0.1) is 0 Å². The highest BCUT2D eigenvalue weighted by molar-refractivity contribution is 14.1. The lowest BCUT2D eigenvalue weighted by Crippen LogP contribution is -2.50. The number of alkyl halides is 1. The Morgan fingerprint density at radius 1 is 1.12 bits per heavy atom. The highest BCUT2D eigenvalue weighted by Crippen LogP contribution is 2.21.